The van der Waals surface area contributed by atoms with Crippen molar-refractivity contribution in [2.24, 2.45) is 5.41 Å². The van der Waals surface area contributed by atoms with Gasteiger partial charge in [0.25, 0.3) is 0 Å². The number of nitrogens with zero attached hydrogens (tertiary/aromatic N) is 4. The minimum absolute atomic E-state index is 0.442. The number of furan rings is 1. The van der Waals surface area contributed by atoms with Crippen molar-refractivity contribution in [2.75, 3.05) is 31.1 Å². The predicted octanol–water partition coefficient (Wildman–Crippen LogP) is 2.09. The van der Waals surface area contributed by atoms with Crippen LogP contribution in [-0.2, 0) is 6.54 Å². The van der Waals surface area contributed by atoms with Crippen molar-refractivity contribution in [2.45, 2.75) is 19.9 Å². The molecule has 5 nitrogen and oxygen atoms in total. The molecule has 4 heterocycles. The second-order valence-electron chi connectivity index (χ2n) is 6.51. The van der Waals surface area contributed by atoms with Crippen LogP contribution < -0.4 is 4.90 Å². The highest BCUT2D eigenvalue weighted by atomic mass is 16.3. The fourth-order valence-electron chi connectivity index (χ4n) is 3.52. The lowest BCUT2D eigenvalue weighted by molar-refractivity contribution is 0.200. The van der Waals surface area contributed by atoms with E-state index in [9.17, 15) is 0 Å². The van der Waals surface area contributed by atoms with Crippen molar-refractivity contribution in [3.63, 3.8) is 0 Å². The van der Waals surface area contributed by atoms with Crippen LogP contribution in [0.3, 0.4) is 0 Å². The lowest BCUT2D eigenvalue weighted by Gasteiger charge is -2.48. The molecule has 2 aliphatic rings. The average Bonchev–Trinajstić information content (AvgIpc) is 3.08. The van der Waals surface area contributed by atoms with E-state index in [-0.39, 0.29) is 0 Å². The van der Waals surface area contributed by atoms with Gasteiger partial charge in [0.2, 0.25) is 5.95 Å². The van der Waals surface area contributed by atoms with Crippen LogP contribution in [0.25, 0.3) is 0 Å². The van der Waals surface area contributed by atoms with Gasteiger partial charge in [0, 0.05) is 49.6 Å². The molecule has 2 aromatic heterocycles. The van der Waals surface area contributed by atoms with E-state index in [1.165, 1.54) is 25.1 Å². The zero-order valence-corrected chi connectivity index (χ0v) is 12.3. The van der Waals surface area contributed by atoms with Crippen LogP contribution in [0.5, 0.6) is 0 Å². The first kappa shape index (κ1) is 12.8. The summed E-state index contributed by atoms with van der Waals surface area (Å²) in [7, 11) is 0. The maximum absolute atomic E-state index is 5.15. The van der Waals surface area contributed by atoms with E-state index in [0.29, 0.717) is 5.41 Å². The van der Waals surface area contributed by atoms with E-state index in [4.69, 9.17) is 4.42 Å². The summed E-state index contributed by atoms with van der Waals surface area (Å²) in [4.78, 5) is 13.7. The molecule has 2 aliphatic heterocycles. The van der Waals surface area contributed by atoms with Crippen LogP contribution in [0.4, 0.5) is 5.95 Å². The van der Waals surface area contributed by atoms with E-state index in [1.54, 1.807) is 6.26 Å². The number of hydrogen-bond acceptors (Lipinski definition) is 5. The number of aromatic nitrogens is 2. The minimum atomic E-state index is 0.442. The van der Waals surface area contributed by atoms with Crippen molar-refractivity contribution in [3.05, 3.63) is 42.1 Å². The van der Waals surface area contributed by atoms with Crippen molar-refractivity contribution in [1.29, 1.82) is 0 Å². The maximum atomic E-state index is 5.15. The summed E-state index contributed by atoms with van der Waals surface area (Å²) in [6, 6.07) is 2.05. The molecular formula is C16H20N4O. The summed E-state index contributed by atoms with van der Waals surface area (Å²) in [5, 5.41) is 0. The molecule has 5 heteroatoms. The number of rotatable bonds is 3. The molecule has 0 saturated carbocycles. The van der Waals surface area contributed by atoms with Crippen molar-refractivity contribution >= 4 is 5.95 Å². The summed E-state index contributed by atoms with van der Waals surface area (Å²) in [6.45, 7) is 7.52. The predicted molar refractivity (Wildman–Crippen MR) is 80.0 cm³/mol. The van der Waals surface area contributed by atoms with Gasteiger partial charge in [0.05, 0.1) is 12.5 Å². The quantitative estimate of drug-likeness (QED) is 0.863. The fraction of sp³-hybridized carbons (Fsp3) is 0.500. The summed E-state index contributed by atoms with van der Waals surface area (Å²) in [5.41, 5.74) is 2.82. The third kappa shape index (κ3) is 2.42. The van der Waals surface area contributed by atoms with Crippen LogP contribution in [0, 0.1) is 12.3 Å². The Morgan fingerprint density at radius 2 is 2.05 bits per heavy atom. The molecule has 0 aliphatic carbocycles. The van der Waals surface area contributed by atoms with Gasteiger partial charge in [0.15, 0.2) is 0 Å². The number of likely N-dealkylation sites (tertiary alicyclic amines) is 1. The Morgan fingerprint density at radius 1 is 1.24 bits per heavy atom. The normalized spacial score (nSPS) is 20.9. The smallest absolute Gasteiger partial charge is 0.225 e. The average molecular weight is 284 g/mol. The van der Waals surface area contributed by atoms with Gasteiger partial charge in [-0.2, -0.15) is 0 Å². The molecule has 0 aromatic carbocycles. The second kappa shape index (κ2) is 4.84. The Labute approximate surface area is 124 Å². The lowest BCUT2D eigenvalue weighted by Crippen LogP contribution is -2.58. The SMILES string of the molecule is Cc1cnc(N2CC3(CCN(Cc4ccoc4)C3)C2)nc1. The van der Waals surface area contributed by atoms with Crippen molar-refractivity contribution in [1.82, 2.24) is 14.9 Å². The topological polar surface area (TPSA) is 45.4 Å². The largest absolute Gasteiger partial charge is 0.472 e. The van der Waals surface area contributed by atoms with E-state index < -0.39 is 0 Å². The molecule has 110 valence electrons. The van der Waals surface area contributed by atoms with Gasteiger partial charge in [0.1, 0.15) is 0 Å². The van der Waals surface area contributed by atoms with E-state index in [2.05, 4.69) is 25.8 Å². The Morgan fingerprint density at radius 3 is 2.76 bits per heavy atom. The second-order valence-corrected chi connectivity index (χ2v) is 6.51. The van der Waals surface area contributed by atoms with E-state index in [1.807, 2.05) is 25.6 Å². The first-order chi connectivity index (χ1) is 10.2. The molecule has 2 saturated heterocycles. The summed E-state index contributed by atoms with van der Waals surface area (Å²) >= 11 is 0. The Hall–Kier alpha value is -1.88. The molecule has 0 unspecified atom stereocenters. The highest BCUT2D eigenvalue weighted by Crippen LogP contribution is 2.41. The molecule has 2 aromatic rings. The van der Waals surface area contributed by atoms with Crippen LogP contribution in [0.1, 0.15) is 17.5 Å². The molecular weight excluding hydrogens is 264 g/mol. The third-order valence-corrected chi connectivity index (χ3v) is 4.61. The Balaban J connectivity index is 1.35. The monoisotopic (exact) mass is 284 g/mol. The van der Waals surface area contributed by atoms with Gasteiger partial charge in [-0.1, -0.05) is 0 Å². The third-order valence-electron chi connectivity index (χ3n) is 4.61. The molecule has 0 atom stereocenters. The first-order valence-electron chi connectivity index (χ1n) is 7.50. The van der Waals surface area contributed by atoms with Gasteiger partial charge in [-0.3, -0.25) is 4.90 Å². The van der Waals surface area contributed by atoms with Gasteiger partial charge in [-0.05, 0) is 31.5 Å². The summed E-state index contributed by atoms with van der Waals surface area (Å²) < 4.78 is 5.15. The fourth-order valence-corrected chi connectivity index (χ4v) is 3.52. The molecule has 0 N–H and O–H groups in total. The first-order valence-corrected chi connectivity index (χ1v) is 7.50. The summed E-state index contributed by atoms with van der Waals surface area (Å²) in [5.74, 6) is 0.875. The highest BCUT2D eigenvalue weighted by Gasteiger charge is 2.48. The molecule has 21 heavy (non-hydrogen) atoms. The number of aryl methyl sites for hydroxylation is 1. The van der Waals surface area contributed by atoms with Gasteiger partial charge >= 0.3 is 0 Å². The molecule has 0 bridgehead atoms. The maximum Gasteiger partial charge on any atom is 0.225 e. The van der Waals surface area contributed by atoms with Crippen LogP contribution in [0.15, 0.2) is 35.4 Å². The molecule has 1 spiro atoms. The Kier molecular flexibility index (Phi) is 2.96. The van der Waals surface area contributed by atoms with Gasteiger partial charge < -0.3 is 9.32 Å². The van der Waals surface area contributed by atoms with Crippen molar-refractivity contribution < 1.29 is 4.42 Å². The zero-order valence-electron chi connectivity index (χ0n) is 12.3. The Bertz CT molecular complexity index is 602. The zero-order chi connectivity index (χ0) is 14.3. The lowest BCUT2D eigenvalue weighted by atomic mass is 9.79. The molecule has 0 amide bonds. The minimum Gasteiger partial charge on any atom is -0.472 e. The standard InChI is InChI=1S/C16H20N4O/c1-13-6-17-15(18-7-13)20-11-16(12-20)3-4-19(10-16)8-14-2-5-21-9-14/h2,5-7,9H,3-4,8,10-12H2,1H3. The van der Waals surface area contributed by atoms with E-state index in [0.717, 1.165) is 31.1 Å². The van der Waals surface area contributed by atoms with Crippen LogP contribution >= 0.6 is 0 Å². The molecule has 0 radical (unpaired) electrons. The van der Waals surface area contributed by atoms with E-state index >= 15 is 0 Å². The molecule has 4 rings (SSSR count). The highest BCUT2D eigenvalue weighted by molar-refractivity contribution is 5.37. The van der Waals surface area contributed by atoms with Crippen LogP contribution in [-0.4, -0.2) is 41.0 Å². The van der Waals surface area contributed by atoms with Crippen LogP contribution in [0.2, 0.25) is 0 Å². The van der Waals surface area contributed by atoms with Gasteiger partial charge in [-0.25, -0.2) is 9.97 Å². The summed E-state index contributed by atoms with van der Waals surface area (Å²) in [6.07, 6.45) is 8.66. The van der Waals surface area contributed by atoms with Crippen molar-refractivity contribution in [3.8, 4) is 0 Å². The van der Waals surface area contributed by atoms with Gasteiger partial charge in [-0.15, -0.1) is 0 Å². The molecule has 2 fully saturated rings. The number of anilines is 1. The number of hydrogen-bond donors (Lipinski definition) is 0.